The molecule has 6 nitrogen and oxygen atoms in total. The van der Waals surface area contributed by atoms with Crippen LogP contribution in [0.5, 0.6) is 5.75 Å². The van der Waals surface area contributed by atoms with Crippen molar-refractivity contribution in [2.75, 3.05) is 41.9 Å². The molecule has 1 atom stereocenters. The summed E-state index contributed by atoms with van der Waals surface area (Å²) in [5.74, 6) is -0.622. The second-order valence-electron chi connectivity index (χ2n) is 7.81. The van der Waals surface area contributed by atoms with Crippen LogP contribution in [-0.2, 0) is 9.59 Å². The quantitative estimate of drug-likeness (QED) is 0.813. The molecule has 7 heteroatoms. The maximum Gasteiger partial charge on any atom is 0.229 e. The van der Waals surface area contributed by atoms with Crippen LogP contribution < -0.4 is 19.9 Å². The van der Waals surface area contributed by atoms with Crippen LogP contribution in [0.1, 0.15) is 25.7 Å². The summed E-state index contributed by atoms with van der Waals surface area (Å²) in [4.78, 5) is 29.3. The molecule has 1 unspecified atom stereocenters. The highest BCUT2D eigenvalue weighted by Gasteiger charge is 2.35. The lowest BCUT2D eigenvalue weighted by Gasteiger charge is -2.30. The average molecular weight is 411 g/mol. The summed E-state index contributed by atoms with van der Waals surface area (Å²) >= 11 is 0. The van der Waals surface area contributed by atoms with E-state index < -0.39 is 11.7 Å². The molecule has 2 saturated heterocycles. The number of carbonyl (C=O) groups excluding carboxylic acids is 2. The molecule has 0 aromatic heterocycles. The molecule has 2 aliphatic heterocycles. The summed E-state index contributed by atoms with van der Waals surface area (Å²) in [5, 5.41) is 2.88. The molecule has 2 amide bonds. The minimum Gasteiger partial charge on any atom is -0.497 e. The van der Waals surface area contributed by atoms with Crippen molar-refractivity contribution in [2.45, 2.75) is 25.7 Å². The van der Waals surface area contributed by atoms with Gasteiger partial charge in [-0.25, -0.2) is 4.39 Å². The highest BCUT2D eigenvalue weighted by atomic mass is 19.1. The lowest BCUT2D eigenvalue weighted by Crippen LogP contribution is -2.32. The van der Waals surface area contributed by atoms with Crippen molar-refractivity contribution >= 4 is 28.9 Å². The monoisotopic (exact) mass is 411 g/mol. The van der Waals surface area contributed by atoms with Crippen molar-refractivity contribution in [1.82, 2.24) is 0 Å². The third-order valence-corrected chi connectivity index (χ3v) is 5.77. The summed E-state index contributed by atoms with van der Waals surface area (Å²) in [6, 6.07) is 11.7. The van der Waals surface area contributed by atoms with E-state index in [1.807, 2.05) is 12.1 Å². The Morgan fingerprint density at radius 3 is 2.70 bits per heavy atom. The van der Waals surface area contributed by atoms with Gasteiger partial charge in [-0.15, -0.1) is 0 Å². The first-order valence-electron chi connectivity index (χ1n) is 10.3. The zero-order valence-corrected chi connectivity index (χ0v) is 17.1. The van der Waals surface area contributed by atoms with Crippen molar-refractivity contribution in [3.8, 4) is 5.75 Å². The van der Waals surface area contributed by atoms with Crippen molar-refractivity contribution in [3.05, 3.63) is 48.3 Å². The Morgan fingerprint density at radius 2 is 1.93 bits per heavy atom. The number of halogens is 1. The molecule has 1 N–H and O–H groups in total. The van der Waals surface area contributed by atoms with Gasteiger partial charge in [0.05, 0.1) is 24.4 Å². The molecule has 0 saturated carbocycles. The molecule has 0 aliphatic carbocycles. The number of rotatable bonds is 5. The standard InChI is InChI=1S/C23H26FN3O3/c1-30-19-7-5-6-18(14-19)27-15-16(12-22(27)28)23(29)25-20-13-17(24)8-9-21(20)26-10-3-2-4-11-26/h5-9,13-14,16H,2-4,10-12,15H2,1H3,(H,25,29). The highest BCUT2D eigenvalue weighted by Crippen LogP contribution is 2.32. The van der Waals surface area contributed by atoms with E-state index in [9.17, 15) is 14.0 Å². The van der Waals surface area contributed by atoms with Gasteiger partial charge >= 0.3 is 0 Å². The maximum atomic E-state index is 13.9. The van der Waals surface area contributed by atoms with Gasteiger partial charge in [0.15, 0.2) is 0 Å². The SMILES string of the molecule is COc1cccc(N2CC(C(=O)Nc3cc(F)ccc3N3CCCCC3)CC2=O)c1. The third kappa shape index (κ3) is 4.25. The van der Waals surface area contributed by atoms with Crippen LogP contribution in [0.2, 0.25) is 0 Å². The molecule has 2 aromatic carbocycles. The Balaban J connectivity index is 1.49. The van der Waals surface area contributed by atoms with Gasteiger partial charge in [0, 0.05) is 37.8 Å². The van der Waals surface area contributed by atoms with Gasteiger partial charge in [0.1, 0.15) is 11.6 Å². The summed E-state index contributed by atoms with van der Waals surface area (Å²) in [7, 11) is 1.57. The van der Waals surface area contributed by atoms with E-state index in [1.165, 1.54) is 18.6 Å². The third-order valence-electron chi connectivity index (χ3n) is 5.77. The smallest absolute Gasteiger partial charge is 0.229 e. The Labute approximate surface area is 175 Å². The number of hydrogen-bond acceptors (Lipinski definition) is 4. The molecule has 158 valence electrons. The van der Waals surface area contributed by atoms with E-state index in [4.69, 9.17) is 4.74 Å². The molecular weight excluding hydrogens is 385 g/mol. The number of hydrogen-bond donors (Lipinski definition) is 1. The molecule has 2 fully saturated rings. The molecule has 2 heterocycles. The zero-order valence-electron chi connectivity index (χ0n) is 17.1. The number of benzene rings is 2. The van der Waals surface area contributed by atoms with Gasteiger partial charge in [-0.1, -0.05) is 6.07 Å². The van der Waals surface area contributed by atoms with E-state index in [0.29, 0.717) is 17.1 Å². The molecule has 2 aromatic rings. The number of nitrogens with one attached hydrogen (secondary N) is 1. The number of piperidine rings is 1. The maximum absolute atomic E-state index is 13.9. The van der Waals surface area contributed by atoms with Gasteiger partial charge in [-0.2, -0.15) is 0 Å². The minimum atomic E-state index is -0.499. The molecule has 30 heavy (non-hydrogen) atoms. The van der Waals surface area contributed by atoms with Crippen LogP contribution >= 0.6 is 0 Å². The number of nitrogens with zero attached hydrogens (tertiary/aromatic N) is 2. The van der Waals surface area contributed by atoms with Crippen molar-refractivity contribution in [1.29, 1.82) is 0 Å². The summed E-state index contributed by atoms with van der Waals surface area (Å²) in [5.41, 5.74) is 2.00. The second kappa shape index (κ2) is 8.73. The number of carbonyl (C=O) groups is 2. The van der Waals surface area contributed by atoms with Gasteiger partial charge < -0.3 is 19.9 Å². The van der Waals surface area contributed by atoms with Gasteiger partial charge in [0.25, 0.3) is 0 Å². The van der Waals surface area contributed by atoms with E-state index in [2.05, 4.69) is 10.2 Å². The lowest BCUT2D eigenvalue weighted by atomic mass is 10.1. The van der Waals surface area contributed by atoms with Crippen LogP contribution in [0.3, 0.4) is 0 Å². The summed E-state index contributed by atoms with van der Waals surface area (Å²) in [6.07, 6.45) is 3.47. The predicted molar refractivity (Wildman–Crippen MR) is 115 cm³/mol. The van der Waals surface area contributed by atoms with Crippen LogP contribution in [0, 0.1) is 11.7 Å². The van der Waals surface area contributed by atoms with Crippen molar-refractivity contribution < 1.29 is 18.7 Å². The first-order chi connectivity index (χ1) is 14.5. The van der Waals surface area contributed by atoms with Crippen LogP contribution in [0.25, 0.3) is 0 Å². The Morgan fingerprint density at radius 1 is 1.13 bits per heavy atom. The van der Waals surface area contributed by atoms with E-state index in [0.717, 1.165) is 31.6 Å². The highest BCUT2D eigenvalue weighted by molar-refractivity contribution is 6.04. The fourth-order valence-corrected chi connectivity index (χ4v) is 4.16. The molecule has 0 bridgehead atoms. The fraction of sp³-hybridized carbons (Fsp3) is 0.391. The average Bonchev–Trinajstić information content (AvgIpc) is 3.16. The van der Waals surface area contributed by atoms with E-state index in [-0.39, 0.29) is 24.8 Å². The predicted octanol–water partition coefficient (Wildman–Crippen LogP) is 3.82. The Hall–Kier alpha value is -3.09. The van der Waals surface area contributed by atoms with E-state index in [1.54, 1.807) is 30.2 Å². The van der Waals surface area contributed by atoms with E-state index >= 15 is 0 Å². The topological polar surface area (TPSA) is 61.9 Å². The Kier molecular flexibility index (Phi) is 5.88. The second-order valence-corrected chi connectivity index (χ2v) is 7.81. The molecule has 0 radical (unpaired) electrons. The first-order valence-corrected chi connectivity index (χ1v) is 10.3. The normalized spacial score (nSPS) is 19.1. The molecule has 2 aliphatic rings. The first kappa shape index (κ1) is 20.2. The summed E-state index contributed by atoms with van der Waals surface area (Å²) in [6.45, 7) is 2.06. The van der Waals surface area contributed by atoms with Gasteiger partial charge in [-0.05, 0) is 49.6 Å². The number of anilines is 3. The minimum absolute atomic E-state index is 0.112. The van der Waals surface area contributed by atoms with Gasteiger partial charge in [-0.3, -0.25) is 9.59 Å². The Bertz CT molecular complexity index is 943. The van der Waals surface area contributed by atoms with Crippen LogP contribution in [0.15, 0.2) is 42.5 Å². The van der Waals surface area contributed by atoms with Crippen LogP contribution in [0.4, 0.5) is 21.5 Å². The lowest BCUT2D eigenvalue weighted by molar-refractivity contribution is -0.122. The van der Waals surface area contributed by atoms with Crippen molar-refractivity contribution in [3.63, 3.8) is 0 Å². The molecule has 0 spiro atoms. The number of ether oxygens (including phenoxy) is 1. The summed E-state index contributed by atoms with van der Waals surface area (Å²) < 4.78 is 19.1. The largest absolute Gasteiger partial charge is 0.497 e. The van der Waals surface area contributed by atoms with Crippen molar-refractivity contribution in [2.24, 2.45) is 5.92 Å². The molecular formula is C23H26FN3O3. The van der Waals surface area contributed by atoms with Gasteiger partial charge in [0.2, 0.25) is 11.8 Å². The number of methoxy groups -OCH3 is 1. The molecule has 4 rings (SSSR count). The number of amides is 2. The fourth-order valence-electron chi connectivity index (χ4n) is 4.16. The zero-order chi connectivity index (χ0) is 21.1. The van der Waals surface area contributed by atoms with Crippen LogP contribution in [-0.4, -0.2) is 38.6 Å².